The van der Waals surface area contributed by atoms with Crippen LogP contribution >= 0.6 is 0 Å². The Labute approximate surface area is 229 Å². The standard InChI is InChI=1S/C27H38F2N6O3Si/c1-27(2,3)38-26(36)32-19-9-8-18(28)22(23(19)29)20-15-35-16-31-24(21(35)14-33(20)4)25-30-10-11-34(25)17-37-12-13-39(5,6)7/h8-11,16,20H,12-15,17H2,1-7H3,(H,32,36). The van der Waals surface area contributed by atoms with E-state index < -0.39 is 37.4 Å². The third-order valence-corrected chi connectivity index (χ3v) is 8.20. The number of carbonyl (C=O) groups is 1. The number of ether oxygens (including phenoxy) is 2. The molecule has 2 aromatic heterocycles. The zero-order valence-electron chi connectivity index (χ0n) is 23.7. The SMILES string of the molecule is CN1Cc2c(-c3nccn3COCC[Si](C)(C)C)ncn2CC1c1c(F)ccc(NC(=O)OC(C)(C)C)c1F. The molecule has 1 unspecified atom stereocenters. The average Bonchev–Trinajstić information content (AvgIpc) is 3.43. The monoisotopic (exact) mass is 560 g/mol. The van der Waals surface area contributed by atoms with Crippen LogP contribution in [0.25, 0.3) is 11.5 Å². The summed E-state index contributed by atoms with van der Waals surface area (Å²) >= 11 is 0. The van der Waals surface area contributed by atoms with Gasteiger partial charge in [0, 0.05) is 45.7 Å². The maximum Gasteiger partial charge on any atom is 0.412 e. The molecule has 3 aromatic rings. The van der Waals surface area contributed by atoms with Crippen molar-refractivity contribution in [2.45, 2.75) is 77.9 Å². The number of carbonyl (C=O) groups excluding carboxylic acids is 1. The lowest BCUT2D eigenvalue weighted by molar-refractivity contribution is 0.0635. The number of halogens is 2. The van der Waals surface area contributed by atoms with E-state index in [9.17, 15) is 4.79 Å². The zero-order chi connectivity index (χ0) is 28.5. The second-order valence-electron chi connectivity index (χ2n) is 12.1. The maximum atomic E-state index is 15.6. The van der Waals surface area contributed by atoms with E-state index in [1.165, 1.54) is 6.07 Å². The number of rotatable bonds is 8. The molecule has 12 heteroatoms. The van der Waals surface area contributed by atoms with Crippen LogP contribution in [0, 0.1) is 11.6 Å². The lowest BCUT2D eigenvalue weighted by Crippen LogP contribution is -2.35. The number of imidazole rings is 2. The van der Waals surface area contributed by atoms with Crippen LogP contribution in [0.5, 0.6) is 0 Å². The molecular formula is C27H38F2N6O3Si. The van der Waals surface area contributed by atoms with E-state index in [0.29, 0.717) is 31.4 Å². The maximum absolute atomic E-state index is 15.6. The summed E-state index contributed by atoms with van der Waals surface area (Å²) in [6.45, 7) is 13.8. The van der Waals surface area contributed by atoms with Crippen molar-refractivity contribution in [2.75, 3.05) is 19.0 Å². The van der Waals surface area contributed by atoms with Gasteiger partial charge in [-0.05, 0) is 46.0 Å². The number of likely N-dealkylation sites (N-methyl/N-ethyl adjacent to an activating group) is 1. The minimum absolute atomic E-state index is 0.121. The normalized spacial score (nSPS) is 16.3. The van der Waals surface area contributed by atoms with E-state index >= 15 is 8.78 Å². The van der Waals surface area contributed by atoms with Crippen molar-refractivity contribution in [2.24, 2.45) is 0 Å². The minimum Gasteiger partial charge on any atom is -0.444 e. The first kappa shape index (κ1) is 28.9. The zero-order valence-corrected chi connectivity index (χ0v) is 24.7. The molecule has 39 heavy (non-hydrogen) atoms. The van der Waals surface area contributed by atoms with E-state index in [1.807, 2.05) is 27.3 Å². The molecule has 0 bridgehead atoms. The predicted octanol–water partition coefficient (Wildman–Crippen LogP) is 5.87. The second kappa shape index (κ2) is 11.2. The molecule has 1 atom stereocenters. The van der Waals surface area contributed by atoms with Gasteiger partial charge in [-0.25, -0.2) is 23.5 Å². The topological polar surface area (TPSA) is 86.4 Å². The number of aromatic nitrogens is 4. The fourth-order valence-corrected chi connectivity index (χ4v) is 5.21. The largest absolute Gasteiger partial charge is 0.444 e. The molecular weight excluding hydrogens is 522 g/mol. The molecule has 1 N–H and O–H groups in total. The Kier molecular flexibility index (Phi) is 8.29. The van der Waals surface area contributed by atoms with Gasteiger partial charge in [0.1, 0.15) is 23.8 Å². The molecule has 0 saturated carbocycles. The molecule has 0 radical (unpaired) electrons. The van der Waals surface area contributed by atoms with Gasteiger partial charge < -0.3 is 18.6 Å². The van der Waals surface area contributed by atoms with Crippen molar-refractivity contribution in [1.29, 1.82) is 0 Å². The van der Waals surface area contributed by atoms with E-state index in [1.54, 1.807) is 33.3 Å². The van der Waals surface area contributed by atoms with Crippen LogP contribution in [-0.2, 0) is 29.3 Å². The molecule has 9 nitrogen and oxygen atoms in total. The van der Waals surface area contributed by atoms with E-state index in [4.69, 9.17) is 9.47 Å². The average molecular weight is 561 g/mol. The van der Waals surface area contributed by atoms with Crippen LogP contribution in [0.3, 0.4) is 0 Å². The summed E-state index contributed by atoms with van der Waals surface area (Å²) in [6, 6.07) is 2.81. The van der Waals surface area contributed by atoms with Gasteiger partial charge in [-0.15, -0.1) is 0 Å². The van der Waals surface area contributed by atoms with Gasteiger partial charge in [0.2, 0.25) is 0 Å². The molecule has 0 saturated heterocycles. The molecule has 1 aliphatic rings. The van der Waals surface area contributed by atoms with Crippen LogP contribution in [0.15, 0.2) is 30.9 Å². The van der Waals surface area contributed by atoms with Crippen molar-refractivity contribution in [3.05, 3.63) is 53.7 Å². The van der Waals surface area contributed by atoms with Crippen LogP contribution in [-0.4, -0.2) is 57.4 Å². The van der Waals surface area contributed by atoms with Gasteiger partial charge >= 0.3 is 6.09 Å². The highest BCUT2D eigenvalue weighted by Crippen LogP contribution is 2.36. The fraction of sp³-hybridized carbons (Fsp3) is 0.519. The first-order valence-electron chi connectivity index (χ1n) is 13.0. The van der Waals surface area contributed by atoms with Gasteiger partial charge in [0.05, 0.1) is 23.8 Å². The minimum atomic E-state index is -1.19. The van der Waals surface area contributed by atoms with Gasteiger partial charge in [-0.1, -0.05) is 19.6 Å². The number of fused-ring (bicyclic) bond motifs is 1. The van der Waals surface area contributed by atoms with Crippen molar-refractivity contribution >= 4 is 19.9 Å². The summed E-state index contributed by atoms with van der Waals surface area (Å²) in [7, 11) is 0.620. The molecule has 0 aliphatic carbocycles. The molecule has 3 heterocycles. The molecule has 212 valence electrons. The lowest BCUT2D eigenvalue weighted by atomic mass is 10.0. The highest BCUT2D eigenvalue weighted by Gasteiger charge is 2.33. The summed E-state index contributed by atoms with van der Waals surface area (Å²) < 4.78 is 45.6. The first-order valence-corrected chi connectivity index (χ1v) is 16.8. The molecule has 4 rings (SSSR count). The first-order chi connectivity index (χ1) is 18.2. The number of hydrogen-bond acceptors (Lipinski definition) is 6. The van der Waals surface area contributed by atoms with E-state index in [2.05, 4.69) is 34.9 Å². The van der Waals surface area contributed by atoms with Gasteiger partial charge in [-0.2, -0.15) is 0 Å². The van der Waals surface area contributed by atoms with Crippen LogP contribution in [0.4, 0.5) is 19.3 Å². The van der Waals surface area contributed by atoms with Gasteiger partial charge in [0.25, 0.3) is 0 Å². The van der Waals surface area contributed by atoms with Crippen molar-refractivity contribution < 1.29 is 23.0 Å². The number of nitrogens with one attached hydrogen (secondary N) is 1. The number of benzene rings is 1. The van der Waals surface area contributed by atoms with E-state index in [-0.39, 0.29) is 17.8 Å². The van der Waals surface area contributed by atoms with E-state index in [0.717, 1.165) is 17.8 Å². The summed E-state index contributed by atoms with van der Waals surface area (Å²) in [5.74, 6) is -0.828. The Balaban J connectivity index is 1.54. The highest BCUT2D eigenvalue weighted by atomic mass is 28.3. The molecule has 0 fully saturated rings. The summed E-state index contributed by atoms with van der Waals surface area (Å²) in [4.78, 5) is 23.2. The molecule has 0 spiro atoms. The number of anilines is 1. The quantitative estimate of drug-likeness (QED) is 0.274. The van der Waals surface area contributed by atoms with Crippen LogP contribution in [0.2, 0.25) is 25.7 Å². The molecule has 1 amide bonds. The Morgan fingerprint density at radius 1 is 1.21 bits per heavy atom. The number of nitrogens with zero attached hydrogens (tertiary/aromatic N) is 5. The third-order valence-electron chi connectivity index (χ3n) is 6.50. The Bertz CT molecular complexity index is 1330. The Morgan fingerprint density at radius 3 is 2.64 bits per heavy atom. The summed E-state index contributed by atoms with van der Waals surface area (Å²) in [5, 5.41) is 2.40. The van der Waals surface area contributed by atoms with Crippen LogP contribution < -0.4 is 5.32 Å². The van der Waals surface area contributed by atoms with Crippen molar-refractivity contribution in [1.82, 2.24) is 24.0 Å². The predicted molar refractivity (Wildman–Crippen MR) is 148 cm³/mol. The van der Waals surface area contributed by atoms with Crippen molar-refractivity contribution in [3.8, 4) is 11.5 Å². The summed E-state index contributed by atoms with van der Waals surface area (Å²) in [6.07, 6.45) is 4.44. The van der Waals surface area contributed by atoms with Crippen molar-refractivity contribution in [3.63, 3.8) is 0 Å². The molecule has 1 aromatic carbocycles. The Hall–Kier alpha value is -3.09. The van der Waals surface area contributed by atoms with Gasteiger partial charge in [0.15, 0.2) is 11.6 Å². The number of hydrogen-bond donors (Lipinski definition) is 1. The Morgan fingerprint density at radius 2 is 1.95 bits per heavy atom. The fourth-order valence-electron chi connectivity index (χ4n) is 4.46. The summed E-state index contributed by atoms with van der Waals surface area (Å²) in [5.41, 5.74) is 0.594. The number of amides is 1. The third kappa shape index (κ3) is 6.92. The smallest absolute Gasteiger partial charge is 0.412 e. The molecule has 1 aliphatic heterocycles. The van der Waals surface area contributed by atoms with Gasteiger partial charge in [-0.3, -0.25) is 10.2 Å². The van der Waals surface area contributed by atoms with Crippen LogP contribution in [0.1, 0.15) is 38.1 Å². The second-order valence-corrected chi connectivity index (χ2v) is 17.8. The highest BCUT2D eigenvalue weighted by molar-refractivity contribution is 6.76. The lowest BCUT2D eigenvalue weighted by Gasteiger charge is -2.35.